The standard InChI is InChI=1S/C24H36NO2.ClH/c26-23(17-25(8-4-5-9-25)16-19-6-2-1-3-7-19)18-27-24-13-20-10-21(14-24)12-22(11-20)15-24;/h1-3,6-7,20-23,26H,4-5,8-18H2;1H/q+1;/p-1. The molecule has 0 amide bonds. The van der Waals surface area contributed by atoms with Gasteiger partial charge in [-0.1, -0.05) is 30.3 Å². The molecule has 0 spiro atoms. The van der Waals surface area contributed by atoms with Crippen molar-refractivity contribution in [2.45, 2.75) is 69.6 Å². The molecular formula is C24H36ClNO2. The zero-order valence-electron chi connectivity index (χ0n) is 17.1. The van der Waals surface area contributed by atoms with Crippen molar-refractivity contribution in [2.75, 3.05) is 26.2 Å². The molecule has 0 aromatic heterocycles. The van der Waals surface area contributed by atoms with Crippen molar-refractivity contribution in [3.63, 3.8) is 0 Å². The van der Waals surface area contributed by atoms with E-state index in [4.69, 9.17) is 4.74 Å². The summed E-state index contributed by atoms with van der Waals surface area (Å²) in [6.45, 7) is 4.84. The lowest BCUT2D eigenvalue weighted by molar-refractivity contribution is -0.932. The number of quaternary nitrogens is 1. The number of aliphatic hydroxyl groups excluding tert-OH is 1. The summed E-state index contributed by atoms with van der Waals surface area (Å²) in [4.78, 5) is 0. The van der Waals surface area contributed by atoms with Crippen molar-refractivity contribution in [1.29, 1.82) is 0 Å². The van der Waals surface area contributed by atoms with Crippen molar-refractivity contribution < 1.29 is 26.7 Å². The number of hydrogen-bond acceptors (Lipinski definition) is 2. The third kappa shape index (κ3) is 4.28. The summed E-state index contributed by atoms with van der Waals surface area (Å²) in [6.07, 6.45) is 10.4. The molecule has 6 rings (SSSR count). The topological polar surface area (TPSA) is 29.5 Å². The minimum atomic E-state index is -0.334. The average Bonchev–Trinajstić information content (AvgIpc) is 3.08. The Balaban J connectivity index is 0.00000192. The van der Waals surface area contributed by atoms with Gasteiger partial charge in [-0.05, 0) is 56.3 Å². The molecule has 4 aliphatic carbocycles. The van der Waals surface area contributed by atoms with Crippen molar-refractivity contribution in [1.82, 2.24) is 0 Å². The molecule has 156 valence electrons. The van der Waals surface area contributed by atoms with E-state index in [2.05, 4.69) is 30.3 Å². The lowest BCUT2D eigenvalue weighted by atomic mass is 9.54. The van der Waals surface area contributed by atoms with Crippen molar-refractivity contribution in [2.24, 2.45) is 17.8 Å². The van der Waals surface area contributed by atoms with Crippen LogP contribution in [0.25, 0.3) is 0 Å². The molecule has 1 aliphatic heterocycles. The molecule has 5 fully saturated rings. The molecule has 3 nitrogen and oxygen atoms in total. The lowest BCUT2D eigenvalue weighted by Gasteiger charge is -2.56. The van der Waals surface area contributed by atoms with E-state index in [1.54, 1.807) is 0 Å². The van der Waals surface area contributed by atoms with Gasteiger partial charge in [0.1, 0.15) is 19.2 Å². The average molecular weight is 406 g/mol. The molecule has 1 saturated heterocycles. The van der Waals surface area contributed by atoms with Crippen LogP contribution in [0.1, 0.15) is 56.9 Å². The zero-order chi connectivity index (χ0) is 18.3. The van der Waals surface area contributed by atoms with E-state index in [0.717, 1.165) is 35.3 Å². The Labute approximate surface area is 176 Å². The quantitative estimate of drug-likeness (QED) is 0.689. The van der Waals surface area contributed by atoms with Gasteiger partial charge in [0.05, 0.1) is 25.3 Å². The fourth-order valence-electron chi connectivity index (χ4n) is 7.36. The molecule has 4 bridgehead atoms. The van der Waals surface area contributed by atoms with Crippen LogP contribution in [0.4, 0.5) is 0 Å². The number of aliphatic hydroxyl groups is 1. The van der Waals surface area contributed by atoms with Crippen LogP contribution in [0.3, 0.4) is 0 Å². The molecule has 1 aromatic rings. The van der Waals surface area contributed by atoms with Crippen LogP contribution in [0.5, 0.6) is 0 Å². The Kier molecular flexibility index (Phi) is 6.09. The predicted octanol–water partition coefficient (Wildman–Crippen LogP) is 1.15. The monoisotopic (exact) mass is 405 g/mol. The molecule has 4 heteroatoms. The number of hydrogen-bond donors (Lipinski definition) is 1. The Morgan fingerprint density at radius 3 is 2.11 bits per heavy atom. The van der Waals surface area contributed by atoms with Gasteiger partial charge in [0, 0.05) is 18.4 Å². The first-order chi connectivity index (χ1) is 13.1. The van der Waals surface area contributed by atoms with Crippen molar-refractivity contribution in [3.8, 4) is 0 Å². The lowest BCUT2D eigenvalue weighted by Crippen LogP contribution is -3.00. The van der Waals surface area contributed by atoms with Crippen LogP contribution in [0, 0.1) is 17.8 Å². The van der Waals surface area contributed by atoms with Gasteiger partial charge in [-0.2, -0.15) is 0 Å². The van der Waals surface area contributed by atoms with Crippen LogP contribution in [-0.4, -0.2) is 47.5 Å². The summed E-state index contributed by atoms with van der Waals surface area (Å²) in [6, 6.07) is 10.8. The number of rotatable bonds is 7. The first-order valence-corrected chi connectivity index (χ1v) is 11.3. The van der Waals surface area contributed by atoms with Crippen molar-refractivity contribution >= 4 is 0 Å². The maximum Gasteiger partial charge on any atom is 0.126 e. The number of likely N-dealkylation sites (tertiary alicyclic amines) is 1. The first kappa shape index (κ1) is 20.7. The van der Waals surface area contributed by atoms with E-state index in [9.17, 15) is 5.11 Å². The fourth-order valence-corrected chi connectivity index (χ4v) is 7.36. The highest BCUT2D eigenvalue weighted by Crippen LogP contribution is 2.57. The summed E-state index contributed by atoms with van der Waals surface area (Å²) in [5, 5.41) is 10.9. The predicted molar refractivity (Wildman–Crippen MR) is 107 cm³/mol. The highest BCUT2D eigenvalue weighted by atomic mass is 35.5. The Hall–Kier alpha value is -0.610. The van der Waals surface area contributed by atoms with E-state index in [0.29, 0.717) is 6.61 Å². The summed E-state index contributed by atoms with van der Waals surface area (Å²) < 4.78 is 7.59. The second kappa shape index (κ2) is 8.26. The normalized spacial score (nSPS) is 36.2. The molecule has 1 atom stereocenters. The molecule has 1 N–H and O–H groups in total. The second-order valence-corrected chi connectivity index (χ2v) is 10.4. The van der Waals surface area contributed by atoms with E-state index in [-0.39, 0.29) is 24.1 Å². The number of benzene rings is 1. The highest BCUT2D eigenvalue weighted by Gasteiger charge is 2.52. The molecule has 1 aromatic carbocycles. The number of nitrogens with zero attached hydrogens (tertiary/aromatic N) is 1. The smallest absolute Gasteiger partial charge is 0.126 e. The molecule has 5 aliphatic rings. The van der Waals surface area contributed by atoms with E-state index in [1.165, 1.54) is 70.0 Å². The fraction of sp³-hybridized carbons (Fsp3) is 0.750. The van der Waals surface area contributed by atoms with Gasteiger partial charge in [-0.15, -0.1) is 0 Å². The van der Waals surface area contributed by atoms with Crippen molar-refractivity contribution in [3.05, 3.63) is 35.9 Å². The molecule has 0 radical (unpaired) electrons. The zero-order valence-corrected chi connectivity index (χ0v) is 17.8. The molecule has 4 saturated carbocycles. The third-order valence-corrected chi connectivity index (χ3v) is 8.04. The third-order valence-electron chi connectivity index (χ3n) is 8.04. The van der Waals surface area contributed by atoms with Crippen LogP contribution >= 0.6 is 0 Å². The van der Waals surface area contributed by atoms with E-state index >= 15 is 0 Å². The maximum atomic E-state index is 10.9. The summed E-state index contributed by atoms with van der Waals surface area (Å²) in [7, 11) is 0. The van der Waals surface area contributed by atoms with Gasteiger partial charge >= 0.3 is 0 Å². The van der Waals surface area contributed by atoms with Crippen LogP contribution in [0.15, 0.2) is 30.3 Å². The van der Waals surface area contributed by atoms with Gasteiger partial charge in [0.25, 0.3) is 0 Å². The highest BCUT2D eigenvalue weighted by molar-refractivity contribution is 5.13. The molecule has 1 unspecified atom stereocenters. The molecular weight excluding hydrogens is 370 g/mol. The van der Waals surface area contributed by atoms with Crippen LogP contribution in [0.2, 0.25) is 0 Å². The van der Waals surface area contributed by atoms with Gasteiger partial charge in [-0.25, -0.2) is 0 Å². The number of halogens is 1. The SMILES string of the molecule is OC(COC12CC3CC(CC(C3)C1)C2)C[N+]1(Cc2ccccc2)CCCC1.[Cl-]. The Bertz CT molecular complexity index is 608. The Morgan fingerprint density at radius 1 is 0.964 bits per heavy atom. The van der Waals surface area contributed by atoms with Gasteiger partial charge in [0.2, 0.25) is 0 Å². The Morgan fingerprint density at radius 2 is 1.54 bits per heavy atom. The summed E-state index contributed by atoms with van der Waals surface area (Å²) >= 11 is 0. The molecule has 1 heterocycles. The van der Waals surface area contributed by atoms with Gasteiger partial charge in [-0.3, -0.25) is 0 Å². The largest absolute Gasteiger partial charge is 1.00 e. The van der Waals surface area contributed by atoms with E-state index in [1.807, 2.05) is 0 Å². The van der Waals surface area contributed by atoms with Crippen LogP contribution in [-0.2, 0) is 11.3 Å². The summed E-state index contributed by atoms with van der Waals surface area (Å²) in [5.74, 6) is 2.72. The van der Waals surface area contributed by atoms with Crippen LogP contribution < -0.4 is 12.4 Å². The second-order valence-electron chi connectivity index (χ2n) is 10.4. The minimum absolute atomic E-state index is 0. The van der Waals surface area contributed by atoms with Gasteiger partial charge in [0.15, 0.2) is 0 Å². The maximum absolute atomic E-state index is 10.9. The minimum Gasteiger partial charge on any atom is -1.00 e. The number of ether oxygens (including phenoxy) is 1. The van der Waals surface area contributed by atoms with E-state index < -0.39 is 0 Å². The molecule has 28 heavy (non-hydrogen) atoms. The van der Waals surface area contributed by atoms with Gasteiger partial charge < -0.3 is 26.7 Å². The first-order valence-electron chi connectivity index (χ1n) is 11.3. The summed E-state index contributed by atoms with van der Waals surface area (Å²) in [5.41, 5.74) is 1.51.